The second-order valence-electron chi connectivity index (χ2n) is 7.13. The molecule has 0 spiro atoms. The molecule has 1 rings (SSSR count). The van der Waals surface area contributed by atoms with Gasteiger partial charge in [0.2, 0.25) is 5.91 Å². The fourth-order valence-electron chi connectivity index (χ4n) is 2.28. The van der Waals surface area contributed by atoms with E-state index in [2.05, 4.69) is 25.7 Å². The summed E-state index contributed by atoms with van der Waals surface area (Å²) in [5.41, 5.74) is -0.638. The Hall–Kier alpha value is -2.65. The van der Waals surface area contributed by atoms with Crippen molar-refractivity contribution in [3.8, 4) is 0 Å². The molecule has 0 aromatic carbocycles. The van der Waals surface area contributed by atoms with Crippen LogP contribution in [0.1, 0.15) is 58.7 Å². The Labute approximate surface area is 158 Å². The van der Waals surface area contributed by atoms with E-state index in [-0.39, 0.29) is 18.7 Å². The lowest BCUT2D eigenvalue weighted by molar-refractivity contribution is -0.160. The quantitative estimate of drug-likeness (QED) is 0.422. The Morgan fingerprint density at radius 3 is 2.44 bits per heavy atom. The second kappa shape index (κ2) is 11.1. The summed E-state index contributed by atoms with van der Waals surface area (Å²) in [6.07, 6.45) is 3.19. The Bertz CT molecular complexity index is 618. The third-order valence-corrected chi connectivity index (χ3v) is 3.51. The van der Waals surface area contributed by atoms with Crippen molar-refractivity contribution in [3.63, 3.8) is 0 Å². The van der Waals surface area contributed by atoms with E-state index in [9.17, 15) is 19.5 Å². The molecule has 1 unspecified atom stereocenters. The maximum absolute atomic E-state index is 11.8. The molecule has 0 bridgehead atoms. The summed E-state index contributed by atoms with van der Waals surface area (Å²) in [6, 6.07) is 0. The van der Waals surface area contributed by atoms with Gasteiger partial charge in [0.15, 0.2) is 12.2 Å². The average Bonchev–Trinajstić information content (AvgIpc) is 2.57. The third-order valence-electron chi connectivity index (χ3n) is 3.51. The zero-order chi connectivity index (χ0) is 20.3. The molecule has 1 heterocycles. The van der Waals surface area contributed by atoms with Crippen LogP contribution in [0.2, 0.25) is 0 Å². The van der Waals surface area contributed by atoms with Crippen molar-refractivity contribution in [3.05, 3.63) is 12.2 Å². The van der Waals surface area contributed by atoms with Crippen molar-refractivity contribution in [1.29, 1.82) is 0 Å². The fraction of sp³-hybridized carbons (Fsp3) is 0.706. The zero-order valence-corrected chi connectivity index (χ0v) is 16.0. The van der Waals surface area contributed by atoms with Crippen molar-refractivity contribution >= 4 is 17.8 Å². The number of carboxylic acid groups (broad SMARTS) is 1. The molecule has 2 N–H and O–H groups in total. The number of carbonyl (C=O) groups is 3. The van der Waals surface area contributed by atoms with Crippen molar-refractivity contribution < 1.29 is 24.2 Å². The van der Waals surface area contributed by atoms with Crippen molar-refractivity contribution in [2.45, 2.75) is 64.9 Å². The van der Waals surface area contributed by atoms with E-state index >= 15 is 0 Å². The minimum atomic E-state index is -1.02. The molecule has 10 nitrogen and oxygen atoms in total. The Balaban J connectivity index is 2.21. The largest absolute Gasteiger partial charge is 0.481 e. The molecule has 1 amide bonds. The van der Waals surface area contributed by atoms with Crippen molar-refractivity contribution in [2.75, 3.05) is 6.54 Å². The number of hydrogen-bond acceptors (Lipinski definition) is 8. The van der Waals surface area contributed by atoms with Crippen molar-refractivity contribution in [2.24, 2.45) is 5.92 Å². The third kappa shape index (κ3) is 10.8. The topological polar surface area (TPSA) is 144 Å². The number of rotatable bonds is 11. The number of aromatic nitrogens is 4. The summed E-state index contributed by atoms with van der Waals surface area (Å²) in [7, 11) is 0. The number of nitrogens with zero attached hydrogens (tertiary/aromatic N) is 4. The highest BCUT2D eigenvalue weighted by Crippen LogP contribution is 2.17. The van der Waals surface area contributed by atoms with Gasteiger partial charge in [0.1, 0.15) is 5.60 Å². The van der Waals surface area contributed by atoms with Crippen LogP contribution in [-0.4, -0.2) is 55.5 Å². The molecule has 0 aliphatic carbocycles. The first-order valence-electron chi connectivity index (χ1n) is 8.88. The predicted octanol–water partition coefficient (Wildman–Crippen LogP) is 0.918. The second-order valence-corrected chi connectivity index (χ2v) is 7.13. The highest BCUT2D eigenvalue weighted by molar-refractivity contribution is 5.79. The van der Waals surface area contributed by atoms with Crippen LogP contribution >= 0.6 is 0 Å². The van der Waals surface area contributed by atoms with Gasteiger partial charge in [-0.05, 0) is 33.6 Å². The first kappa shape index (κ1) is 22.4. The van der Waals surface area contributed by atoms with Crippen LogP contribution in [0, 0.1) is 5.92 Å². The number of carboxylic acids is 1. The van der Waals surface area contributed by atoms with Crippen LogP contribution < -0.4 is 5.32 Å². The number of aliphatic carboxylic acids is 1. The smallest absolute Gasteiger partial charge is 0.307 e. The number of carbonyl (C=O) groups excluding carboxylic acids is 2. The van der Waals surface area contributed by atoms with Gasteiger partial charge in [0, 0.05) is 19.4 Å². The number of nitrogens with one attached hydrogen (secondary N) is 1. The molecule has 1 atom stereocenters. The SMILES string of the molecule is CC(C)(C)OC(=O)CC(CCCCNC(=O)CCc1nncnn1)C(=O)O. The molecular weight excluding hydrogens is 354 g/mol. The minimum Gasteiger partial charge on any atom is -0.481 e. The van der Waals surface area contributed by atoms with Gasteiger partial charge in [0.05, 0.1) is 12.3 Å². The fourth-order valence-corrected chi connectivity index (χ4v) is 2.28. The van der Waals surface area contributed by atoms with Gasteiger partial charge >= 0.3 is 11.9 Å². The summed E-state index contributed by atoms with van der Waals surface area (Å²) in [4.78, 5) is 34.8. The molecule has 0 aliphatic rings. The first-order valence-corrected chi connectivity index (χ1v) is 8.88. The summed E-state index contributed by atoms with van der Waals surface area (Å²) >= 11 is 0. The number of esters is 1. The molecule has 0 saturated heterocycles. The van der Waals surface area contributed by atoms with E-state index in [4.69, 9.17) is 4.74 Å². The number of aryl methyl sites for hydroxylation is 1. The molecule has 1 aromatic rings. The van der Waals surface area contributed by atoms with E-state index in [1.54, 1.807) is 20.8 Å². The van der Waals surface area contributed by atoms with E-state index < -0.39 is 23.5 Å². The van der Waals surface area contributed by atoms with Crippen LogP contribution in [0.3, 0.4) is 0 Å². The van der Waals surface area contributed by atoms with Crippen LogP contribution in [0.15, 0.2) is 6.33 Å². The first-order chi connectivity index (χ1) is 12.7. The monoisotopic (exact) mass is 381 g/mol. The molecule has 0 aliphatic heterocycles. The van der Waals surface area contributed by atoms with Gasteiger partial charge in [-0.25, -0.2) is 0 Å². The normalized spacial score (nSPS) is 12.3. The van der Waals surface area contributed by atoms with Gasteiger partial charge in [-0.1, -0.05) is 6.42 Å². The van der Waals surface area contributed by atoms with Crippen LogP contribution in [0.25, 0.3) is 0 Å². The molecule has 0 saturated carbocycles. The van der Waals surface area contributed by atoms with Crippen LogP contribution in [0.5, 0.6) is 0 Å². The standard InChI is InChI=1S/C17H27N5O5/c1-17(2,3)27-15(24)10-12(16(25)26)6-4-5-9-18-14(23)8-7-13-21-19-11-20-22-13/h11-12H,4-10H2,1-3H3,(H,18,23)(H,25,26). The molecule has 0 radical (unpaired) electrons. The van der Waals surface area contributed by atoms with E-state index in [0.29, 0.717) is 38.1 Å². The Morgan fingerprint density at radius 2 is 1.85 bits per heavy atom. The number of hydrogen-bond donors (Lipinski definition) is 2. The van der Waals surface area contributed by atoms with Crippen LogP contribution in [0.4, 0.5) is 0 Å². The minimum absolute atomic E-state index is 0.147. The van der Waals surface area contributed by atoms with Gasteiger partial charge in [-0.2, -0.15) is 0 Å². The van der Waals surface area contributed by atoms with Gasteiger partial charge < -0.3 is 15.2 Å². The summed E-state index contributed by atoms with van der Waals surface area (Å²) in [5, 5.41) is 26.7. The lowest BCUT2D eigenvalue weighted by atomic mass is 9.98. The lowest BCUT2D eigenvalue weighted by Crippen LogP contribution is -2.27. The molecule has 1 aromatic heterocycles. The van der Waals surface area contributed by atoms with E-state index in [1.165, 1.54) is 6.33 Å². The van der Waals surface area contributed by atoms with Gasteiger partial charge in [-0.15, -0.1) is 20.4 Å². The van der Waals surface area contributed by atoms with Gasteiger partial charge in [-0.3, -0.25) is 14.4 Å². The molecule has 27 heavy (non-hydrogen) atoms. The lowest BCUT2D eigenvalue weighted by Gasteiger charge is -2.21. The number of unbranched alkanes of at least 4 members (excludes halogenated alkanes) is 1. The maximum Gasteiger partial charge on any atom is 0.307 e. The Kier molecular flexibility index (Phi) is 9.24. The summed E-state index contributed by atoms with van der Waals surface area (Å²) in [6.45, 7) is 5.64. The molecular formula is C17H27N5O5. The zero-order valence-electron chi connectivity index (χ0n) is 16.0. The molecule has 150 valence electrons. The highest BCUT2D eigenvalue weighted by atomic mass is 16.6. The molecule has 0 fully saturated rings. The predicted molar refractivity (Wildman–Crippen MR) is 94.4 cm³/mol. The van der Waals surface area contributed by atoms with E-state index in [0.717, 1.165) is 0 Å². The average molecular weight is 381 g/mol. The van der Waals surface area contributed by atoms with Crippen molar-refractivity contribution in [1.82, 2.24) is 25.7 Å². The summed E-state index contributed by atoms with van der Waals surface area (Å²) in [5.74, 6) is -2.07. The van der Waals surface area contributed by atoms with Crippen LogP contribution in [-0.2, 0) is 25.5 Å². The summed E-state index contributed by atoms with van der Waals surface area (Å²) < 4.78 is 5.16. The maximum atomic E-state index is 11.8. The molecule has 10 heteroatoms. The van der Waals surface area contributed by atoms with Gasteiger partial charge in [0.25, 0.3) is 0 Å². The van der Waals surface area contributed by atoms with E-state index in [1.807, 2.05) is 0 Å². The number of amides is 1. The highest BCUT2D eigenvalue weighted by Gasteiger charge is 2.24. The Morgan fingerprint density at radius 1 is 1.19 bits per heavy atom. The number of ether oxygens (including phenoxy) is 1.